The highest BCUT2D eigenvalue weighted by atomic mass is 19.4. The van der Waals surface area contributed by atoms with Crippen molar-refractivity contribution >= 4 is 28.4 Å². The number of H-pyrrole nitrogens is 1. The SMILES string of the molecule is C[C@@H](NC(=O)c1cnn2ccc(-c3c[nH]c4nc(NCC(C)(C)C)ncc34)cc12)C(F)(F)F. The molecule has 0 saturated heterocycles. The zero-order valence-electron chi connectivity index (χ0n) is 18.6. The van der Waals surface area contributed by atoms with Gasteiger partial charge < -0.3 is 15.6 Å². The van der Waals surface area contributed by atoms with Gasteiger partial charge in [0.05, 0.1) is 17.3 Å². The molecule has 3 N–H and O–H groups in total. The number of pyridine rings is 1. The lowest BCUT2D eigenvalue weighted by Gasteiger charge is -2.18. The lowest BCUT2D eigenvalue weighted by Crippen LogP contribution is -2.43. The van der Waals surface area contributed by atoms with E-state index < -0.39 is 18.1 Å². The van der Waals surface area contributed by atoms with Gasteiger partial charge in [0.25, 0.3) is 5.91 Å². The van der Waals surface area contributed by atoms with Crippen molar-refractivity contribution in [2.45, 2.75) is 39.9 Å². The fraction of sp³-hybridized carbons (Fsp3) is 0.364. The molecule has 0 aliphatic rings. The minimum atomic E-state index is -4.53. The van der Waals surface area contributed by atoms with Gasteiger partial charge in [0.1, 0.15) is 11.7 Å². The van der Waals surface area contributed by atoms with Crippen molar-refractivity contribution in [3.8, 4) is 11.1 Å². The minimum Gasteiger partial charge on any atom is -0.354 e. The smallest absolute Gasteiger partial charge is 0.354 e. The molecule has 0 bridgehead atoms. The highest BCUT2D eigenvalue weighted by Crippen LogP contribution is 2.29. The number of aromatic nitrogens is 5. The fourth-order valence-electron chi connectivity index (χ4n) is 3.25. The maximum atomic E-state index is 12.8. The Morgan fingerprint density at radius 3 is 2.70 bits per heavy atom. The summed E-state index contributed by atoms with van der Waals surface area (Å²) in [4.78, 5) is 24.5. The van der Waals surface area contributed by atoms with Gasteiger partial charge in [0.2, 0.25) is 5.95 Å². The topological polar surface area (TPSA) is 100 Å². The van der Waals surface area contributed by atoms with E-state index in [-0.39, 0.29) is 11.0 Å². The zero-order valence-corrected chi connectivity index (χ0v) is 18.6. The zero-order chi connectivity index (χ0) is 24.0. The van der Waals surface area contributed by atoms with E-state index in [9.17, 15) is 18.0 Å². The number of carbonyl (C=O) groups is 1. The normalized spacial score (nSPS) is 13.4. The number of fused-ring (bicyclic) bond motifs is 2. The molecule has 0 unspecified atom stereocenters. The van der Waals surface area contributed by atoms with E-state index in [2.05, 4.69) is 46.1 Å². The number of carbonyl (C=O) groups excluding carboxylic acids is 1. The van der Waals surface area contributed by atoms with Crippen LogP contribution in [0, 0.1) is 5.41 Å². The summed E-state index contributed by atoms with van der Waals surface area (Å²) in [6.45, 7) is 7.93. The molecule has 4 heterocycles. The molecular weight excluding hydrogens is 435 g/mol. The third kappa shape index (κ3) is 4.76. The number of nitrogens with one attached hydrogen (secondary N) is 3. The van der Waals surface area contributed by atoms with E-state index in [1.807, 2.05) is 5.32 Å². The molecule has 33 heavy (non-hydrogen) atoms. The molecule has 11 heteroatoms. The number of nitrogens with zero attached hydrogens (tertiary/aromatic N) is 4. The Balaban J connectivity index is 1.65. The second-order valence-electron chi connectivity index (χ2n) is 9.11. The number of aromatic amines is 1. The van der Waals surface area contributed by atoms with Crippen molar-refractivity contribution in [3.63, 3.8) is 0 Å². The summed E-state index contributed by atoms with van der Waals surface area (Å²) in [6.07, 6.45) is 1.85. The summed E-state index contributed by atoms with van der Waals surface area (Å²) in [5.74, 6) is -0.335. The van der Waals surface area contributed by atoms with E-state index in [1.165, 1.54) is 10.7 Å². The third-order valence-electron chi connectivity index (χ3n) is 5.12. The molecule has 4 aromatic heterocycles. The average Bonchev–Trinajstić information content (AvgIpc) is 3.34. The van der Waals surface area contributed by atoms with Gasteiger partial charge in [-0.05, 0) is 30.0 Å². The molecular formula is C22H24F3N7O. The summed E-state index contributed by atoms with van der Waals surface area (Å²) in [7, 11) is 0. The first-order valence-electron chi connectivity index (χ1n) is 10.4. The van der Waals surface area contributed by atoms with E-state index in [4.69, 9.17) is 0 Å². The second kappa shape index (κ2) is 8.05. The van der Waals surface area contributed by atoms with Crippen LogP contribution in [0.5, 0.6) is 0 Å². The van der Waals surface area contributed by atoms with Crippen LogP contribution in [-0.2, 0) is 0 Å². The highest BCUT2D eigenvalue weighted by Gasteiger charge is 2.37. The van der Waals surface area contributed by atoms with E-state index in [1.54, 1.807) is 30.7 Å². The molecule has 0 fully saturated rings. The van der Waals surface area contributed by atoms with Crippen molar-refractivity contribution in [2.75, 3.05) is 11.9 Å². The van der Waals surface area contributed by atoms with E-state index in [0.29, 0.717) is 23.7 Å². The van der Waals surface area contributed by atoms with E-state index >= 15 is 0 Å². The quantitative estimate of drug-likeness (QED) is 0.411. The van der Waals surface area contributed by atoms with Gasteiger partial charge in [-0.1, -0.05) is 20.8 Å². The van der Waals surface area contributed by atoms with Crippen LogP contribution in [0.2, 0.25) is 0 Å². The molecule has 0 spiro atoms. The number of hydrogen-bond donors (Lipinski definition) is 3. The molecule has 0 aliphatic heterocycles. The van der Waals surface area contributed by atoms with Crippen molar-refractivity contribution in [1.29, 1.82) is 0 Å². The maximum absolute atomic E-state index is 12.8. The van der Waals surface area contributed by atoms with Crippen LogP contribution < -0.4 is 10.6 Å². The number of alkyl halides is 3. The Morgan fingerprint density at radius 1 is 1.24 bits per heavy atom. The highest BCUT2D eigenvalue weighted by molar-refractivity contribution is 6.02. The number of rotatable bonds is 5. The largest absolute Gasteiger partial charge is 0.408 e. The standard InChI is InChI=1S/C22H24F3N7O/c1-12(22(23,24)25)30-19(33)16-10-29-32-6-5-13(7-17(16)32)14-8-26-18-15(14)9-27-20(31-18)28-11-21(2,3)4/h5-10,12H,11H2,1-4H3,(H,30,33)(H2,26,27,28,31)/t12-/m1/s1. The number of hydrogen-bond acceptors (Lipinski definition) is 5. The predicted molar refractivity (Wildman–Crippen MR) is 119 cm³/mol. The molecule has 1 amide bonds. The van der Waals surface area contributed by atoms with Crippen LogP contribution in [0.4, 0.5) is 19.1 Å². The van der Waals surface area contributed by atoms with Crippen LogP contribution in [0.1, 0.15) is 38.1 Å². The Labute approximate surface area is 187 Å². The molecule has 0 aliphatic carbocycles. The summed E-state index contributed by atoms with van der Waals surface area (Å²) < 4.78 is 40.0. The molecule has 0 radical (unpaired) electrons. The van der Waals surface area contributed by atoms with Gasteiger partial charge in [-0.15, -0.1) is 0 Å². The Hall–Kier alpha value is -3.63. The molecule has 4 aromatic rings. The molecule has 174 valence electrons. The first-order valence-corrected chi connectivity index (χ1v) is 10.4. The molecule has 0 aromatic carbocycles. The van der Waals surface area contributed by atoms with Gasteiger partial charge in [-0.25, -0.2) is 9.50 Å². The first-order chi connectivity index (χ1) is 15.4. The summed E-state index contributed by atoms with van der Waals surface area (Å²) in [5, 5.41) is 10.0. The van der Waals surface area contributed by atoms with Crippen molar-refractivity contribution < 1.29 is 18.0 Å². The molecule has 8 nitrogen and oxygen atoms in total. The number of anilines is 1. The molecule has 1 atom stereocenters. The van der Waals surface area contributed by atoms with Gasteiger partial charge in [0, 0.05) is 36.1 Å². The Morgan fingerprint density at radius 2 is 2.00 bits per heavy atom. The monoisotopic (exact) mass is 459 g/mol. The second-order valence-corrected chi connectivity index (χ2v) is 9.11. The first kappa shape index (κ1) is 22.6. The number of halogens is 3. The fourth-order valence-corrected chi connectivity index (χ4v) is 3.25. The Bertz CT molecular complexity index is 1320. The molecule has 4 rings (SSSR count). The van der Waals surface area contributed by atoms with Crippen molar-refractivity contribution in [3.05, 3.63) is 42.5 Å². The molecule has 0 saturated carbocycles. The van der Waals surface area contributed by atoms with Gasteiger partial charge in [-0.2, -0.15) is 23.3 Å². The van der Waals surface area contributed by atoms with Gasteiger partial charge in [0.15, 0.2) is 0 Å². The summed E-state index contributed by atoms with van der Waals surface area (Å²) >= 11 is 0. The van der Waals surface area contributed by atoms with Crippen LogP contribution in [0.25, 0.3) is 27.7 Å². The van der Waals surface area contributed by atoms with Crippen LogP contribution in [0.15, 0.2) is 36.9 Å². The average molecular weight is 459 g/mol. The van der Waals surface area contributed by atoms with Crippen molar-refractivity contribution in [2.24, 2.45) is 5.41 Å². The summed E-state index contributed by atoms with van der Waals surface area (Å²) in [6, 6.07) is 1.53. The lowest BCUT2D eigenvalue weighted by atomic mass is 9.97. The maximum Gasteiger partial charge on any atom is 0.408 e. The third-order valence-corrected chi connectivity index (χ3v) is 5.12. The van der Waals surface area contributed by atoms with Crippen LogP contribution >= 0.6 is 0 Å². The van der Waals surface area contributed by atoms with Gasteiger partial charge in [-0.3, -0.25) is 4.79 Å². The lowest BCUT2D eigenvalue weighted by molar-refractivity contribution is -0.149. The minimum absolute atomic E-state index is 0.0534. The number of amides is 1. The van der Waals surface area contributed by atoms with Crippen molar-refractivity contribution in [1.82, 2.24) is 29.9 Å². The van der Waals surface area contributed by atoms with Gasteiger partial charge >= 0.3 is 6.18 Å². The predicted octanol–water partition coefficient (Wildman–Crippen LogP) is 4.41. The van der Waals surface area contributed by atoms with Crippen LogP contribution in [-0.4, -0.2) is 49.2 Å². The van der Waals surface area contributed by atoms with Crippen LogP contribution in [0.3, 0.4) is 0 Å². The summed E-state index contributed by atoms with van der Waals surface area (Å²) in [5.41, 5.74) is 2.69. The Kier molecular flexibility index (Phi) is 5.51. The van der Waals surface area contributed by atoms with E-state index in [0.717, 1.165) is 23.4 Å².